The number of hydrogen-bond donors (Lipinski definition) is 1. The average molecular weight is 320 g/mol. The van der Waals surface area contributed by atoms with Crippen molar-refractivity contribution in [3.63, 3.8) is 0 Å². The molecule has 0 bridgehead atoms. The van der Waals surface area contributed by atoms with Gasteiger partial charge in [-0.2, -0.15) is 0 Å². The number of aromatic nitrogens is 1. The second-order valence-corrected chi connectivity index (χ2v) is 6.20. The van der Waals surface area contributed by atoms with E-state index in [-0.39, 0.29) is 18.3 Å². The number of amides is 4. The Morgan fingerprint density at radius 2 is 2.04 bits per heavy atom. The minimum absolute atomic E-state index is 0.267. The van der Waals surface area contributed by atoms with Gasteiger partial charge in [0.15, 0.2) is 5.82 Å². The van der Waals surface area contributed by atoms with Gasteiger partial charge in [0.1, 0.15) is 17.8 Å². The Morgan fingerprint density at radius 3 is 2.65 bits per heavy atom. The first-order valence-corrected chi connectivity index (χ1v) is 7.77. The summed E-state index contributed by atoms with van der Waals surface area (Å²) in [6, 6.07) is 1.16. The normalized spacial score (nSPS) is 20.4. The molecule has 2 fully saturated rings. The molecule has 0 unspecified atom stereocenters. The van der Waals surface area contributed by atoms with E-state index < -0.39 is 17.5 Å². The van der Waals surface area contributed by atoms with Gasteiger partial charge in [-0.25, -0.2) is 4.79 Å². The molecule has 8 nitrogen and oxygen atoms in total. The number of aryl methyl sites for hydroxylation is 1. The van der Waals surface area contributed by atoms with E-state index in [9.17, 15) is 14.4 Å². The zero-order valence-corrected chi connectivity index (χ0v) is 13.3. The van der Waals surface area contributed by atoms with Crippen LogP contribution in [-0.4, -0.2) is 51.9 Å². The van der Waals surface area contributed by atoms with Crippen molar-refractivity contribution >= 4 is 23.7 Å². The van der Waals surface area contributed by atoms with Gasteiger partial charge in [-0.3, -0.25) is 14.5 Å². The Hall–Kier alpha value is -2.38. The van der Waals surface area contributed by atoms with Crippen molar-refractivity contribution in [3.05, 3.63) is 11.8 Å². The summed E-state index contributed by atoms with van der Waals surface area (Å²) >= 11 is 0. The predicted octanol–water partition coefficient (Wildman–Crippen LogP) is 1.52. The molecule has 1 aliphatic carbocycles. The lowest BCUT2D eigenvalue weighted by Gasteiger charge is -2.35. The second-order valence-electron chi connectivity index (χ2n) is 6.20. The zero-order chi connectivity index (χ0) is 16.6. The van der Waals surface area contributed by atoms with E-state index in [1.165, 1.54) is 4.90 Å². The summed E-state index contributed by atoms with van der Waals surface area (Å²) in [7, 11) is 1.64. The molecule has 1 N–H and O–H groups in total. The summed E-state index contributed by atoms with van der Waals surface area (Å²) in [6.07, 6.45) is 4.23. The largest absolute Gasteiger partial charge is 0.360 e. The maximum absolute atomic E-state index is 12.7. The molecule has 1 aromatic rings. The molecule has 1 aliphatic heterocycles. The molecule has 4 amide bonds. The maximum atomic E-state index is 12.7. The molecule has 23 heavy (non-hydrogen) atoms. The van der Waals surface area contributed by atoms with Crippen molar-refractivity contribution < 1.29 is 18.9 Å². The van der Waals surface area contributed by atoms with Crippen molar-refractivity contribution in [2.45, 2.75) is 44.6 Å². The van der Waals surface area contributed by atoms with E-state index in [0.717, 1.165) is 24.2 Å². The van der Waals surface area contributed by atoms with Crippen molar-refractivity contribution in [3.8, 4) is 0 Å². The number of nitrogens with one attached hydrogen (secondary N) is 1. The average Bonchev–Trinajstić information content (AvgIpc) is 3.01. The molecule has 0 atom stereocenters. The minimum Gasteiger partial charge on any atom is -0.360 e. The molecule has 2 aliphatic rings. The van der Waals surface area contributed by atoms with Crippen LogP contribution in [-0.2, 0) is 9.59 Å². The Labute approximate surface area is 133 Å². The van der Waals surface area contributed by atoms with Gasteiger partial charge in [0.05, 0.1) is 0 Å². The first kappa shape index (κ1) is 15.5. The third kappa shape index (κ3) is 2.58. The molecule has 3 rings (SSSR count). The molecule has 8 heteroatoms. The molecule has 0 radical (unpaired) electrons. The molecular weight excluding hydrogens is 300 g/mol. The van der Waals surface area contributed by atoms with Crippen LogP contribution in [0, 0.1) is 6.92 Å². The molecule has 1 saturated heterocycles. The lowest BCUT2D eigenvalue weighted by atomic mass is 9.81. The second kappa shape index (κ2) is 5.68. The van der Waals surface area contributed by atoms with E-state index in [0.29, 0.717) is 18.6 Å². The first-order chi connectivity index (χ1) is 10.9. The number of rotatable bonds is 3. The SMILES string of the molecule is Cc1cc(NC(=O)CN2C(=O)N(C)C3(CCCCC3)C2=O)no1. The van der Waals surface area contributed by atoms with Crippen LogP contribution in [0.4, 0.5) is 10.6 Å². The minimum atomic E-state index is -0.764. The van der Waals surface area contributed by atoms with Gasteiger partial charge in [0, 0.05) is 13.1 Å². The molecule has 1 aromatic heterocycles. The summed E-state index contributed by atoms with van der Waals surface area (Å²) in [5.74, 6) is 0.0966. The summed E-state index contributed by atoms with van der Waals surface area (Å²) in [5, 5.41) is 6.19. The van der Waals surface area contributed by atoms with E-state index in [1.54, 1.807) is 20.0 Å². The highest BCUT2D eigenvalue weighted by molar-refractivity contribution is 6.09. The predicted molar refractivity (Wildman–Crippen MR) is 80.6 cm³/mol. The Kier molecular flexibility index (Phi) is 3.83. The van der Waals surface area contributed by atoms with Gasteiger partial charge in [-0.15, -0.1) is 0 Å². The zero-order valence-electron chi connectivity index (χ0n) is 13.3. The molecular formula is C15H20N4O4. The van der Waals surface area contributed by atoms with Crippen LogP contribution in [0.2, 0.25) is 0 Å². The van der Waals surface area contributed by atoms with Gasteiger partial charge >= 0.3 is 6.03 Å². The fourth-order valence-corrected chi connectivity index (χ4v) is 3.42. The highest BCUT2D eigenvalue weighted by atomic mass is 16.5. The van der Waals surface area contributed by atoms with Gasteiger partial charge in [0.2, 0.25) is 5.91 Å². The molecule has 2 heterocycles. The van der Waals surface area contributed by atoms with Crippen molar-refractivity contribution in [2.24, 2.45) is 0 Å². The quantitative estimate of drug-likeness (QED) is 0.852. The van der Waals surface area contributed by atoms with Gasteiger partial charge < -0.3 is 14.7 Å². The van der Waals surface area contributed by atoms with Crippen LogP contribution < -0.4 is 5.32 Å². The van der Waals surface area contributed by atoms with Crippen LogP contribution in [0.1, 0.15) is 37.9 Å². The first-order valence-electron chi connectivity index (χ1n) is 7.77. The third-order valence-corrected chi connectivity index (χ3v) is 4.68. The highest BCUT2D eigenvalue weighted by Gasteiger charge is 2.55. The Morgan fingerprint density at radius 1 is 1.35 bits per heavy atom. The number of likely N-dealkylation sites (N-methyl/N-ethyl adjacent to an activating group) is 1. The number of urea groups is 1. The van der Waals surface area contributed by atoms with Crippen LogP contribution in [0.25, 0.3) is 0 Å². The number of carbonyl (C=O) groups is 3. The Balaban J connectivity index is 1.71. The topological polar surface area (TPSA) is 95.8 Å². The number of nitrogens with zero attached hydrogens (tertiary/aromatic N) is 3. The number of carbonyl (C=O) groups excluding carboxylic acids is 3. The number of anilines is 1. The van der Waals surface area contributed by atoms with Crippen molar-refractivity contribution in [1.82, 2.24) is 15.0 Å². The van der Waals surface area contributed by atoms with Crippen LogP contribution >= 0.6 is 0 Å². The molecule has 0 aromatic carbocycles. The lowest BCUT2D eigenvalue weighted by Crippen LogP contribution is -2.49. The van der Waals surface area contributed by atoms with Gasteiger partial charge in [0.25, 0.3) is 5.91 Å². The number of imide groups is 1. The maximum Gasteiger partial charge on any atom is 0.327 e. The van der Waals surface area contributed by atoms with Crippen LogP contribution in [0.3, 0.4) is 0 Å². The van der Waals surface area contributed by atoms with Crippen molar-refractivity contribution in [2.75, 3.05) is 18.9 Å². The summed E-state index contributed by atoms with van der Waals surface area (Å²) in [6.45, 7) is 1.40. The lowest BCUT2D eigenvalue weighted by molar-refractivity contribution is -0.136. The van der Waals surface area contributed by atoms with Crippen LogP contribution in [0.5, 0.6) is 0 Å². The Bertz CT molecular complexity index is 648. The standard InChI is InChI=1S/C15H20N4O4/c1-10-8-11(17-23-10)16-12(20)9-19-13(21)15(18(2)14(19)22)6-4-3-5-7-15/h8H,3-7,9H2,1-2H3,(H,16,17,20). The molecule has 124 valence electrons. The smallest absolute Gasteiger partial charge is 0.327 e. The van der Waals surface area contributed by atoms with Crippen molar-refractivity contribution in [1.29, 1.82) is 0 Å². The van der Waals surface area contributed by atoms with E-state index in [4.69, 9.17) is 4.52 Å². The summed E-state index contributed by atoms with van der Waals surface area (Å²) in [4.78, 5) is 39.8. The summed E-state index contributed by atoms with van der Waals surface area (Å²) in [5.41, 5.74) is -0.764. The summed E-state index contributed by atoms with van der Waals surface area (Å²) < 4.78 is 4.86. The highest BCUT2D eigenvalue weighted by Crippen LogP contribution is 2.39. The number of hydrogen-bond acceptors (Lipinski definition) is 5. The van der Waals surface area contributed by atoms with E-state index in [2.05, 4.69) is 10.5 Å². The molecule has 1 saturated carbocycles. The van der Waals surface area contributed by atoms with E-state index >= 15 is 0 Å². The van der Waals surface area contributed by atoms with Gasteiger partial charge in [-0.05, 0) is 19.8 Å². The van der Waals surface area contributed by atoms with Gasteiger partial charge in [-0.1, -0.05) is 24.4 Å². The monoisotopic (exact) mass is 320 g/mol. The molecule has 1 spiro atoms. The fourth-order valence-electron chi connectivity index (χ4n) is 3.42. The fraction of sp³-hybridized carbons (Fsp3) is 0.600. The van der Waals surface area contributed by atoms with E-state index in [1.807, 2.05) is 0 Å². The van der Waals surface area contributed by atoms with Crippen LogP contribution in [0.15, 0.2) is 10.6 Å². The third-order valence-electron chi connectivity index (χ3n) is 4.68.